The molecule has 110 valence electrons. The molecule has 0 aliphatic heterocycles. The molecular weight excluding hydrogens is 260 g/mol. The van der Waals surface area contributed by atoms with Gasteiger partial charge in [-0.1, -0.05) is 25.1 Å². The predicted octanol–water partition coefficient (Wildman–Crippen LogP) is 2.70. The van der Waals surface area contributed by atoms with E-state index in [4.69, 9.17) is 5.73 Å². The molecule has 0 aliphatic rings. The van der Waals surface area contributed by atoms with Crippen LogP contribution in [-0.4, -0.2) is 20.4 Å². The van der Waals surface area contributed by atoms with Crippen molar-refractivity contribution in [2.45, 2.75) is 32.4 Å². The summed E-state index contributed by atoms with van der Waals surface area (Å²) in [5.41, 5.74) is 9.83. The van der Waals surface area contributed by atoms with Crippen LogP contribution in [0.3, 0.4) is 0 Å². The van der Waals surface area contributed by atoms with Crippen molar-refractivity contribution in [3.05, 3.63) is 54.0 Å². The Labute approximate surface area is 125 Å². The first kappa shape index (κ1) is 13.9. The third-order valence-corrected chi connectivity index (χ3v) is 3.98. The van der Waals surface area contributed by atoms with Gasteiger partial charge < -0.3 is 10.3 Å². The molecule has 2 N–H and O–H groups in total. The summed E-state index contributed by atoms with van der Waals surface area (Å²) < 4.78 is 4.12. The van der Waals surface area contributed by atoms with Gasteiger partial charge in [0.15, 0.2) is 0 Å². The molecule has 2 aromatic heterocycles. The molecule has 21 heavy (non-hydrogen) atoms. The maximum Gasteiger partial charge on any atom is 0.0821 e. The van der Waals surface area contributed by atoms with Gasteiger partial charge in [-0.2, -0.15) is 5.10 Å². The number of rotatable bonds is 5. The van der Waals surface area contributed by atoms with Crippen LogP contribution in [0.25, 0.3) is 10.9 Å². The average molecular weight is 282 g/mol. The van der Waals surface area contributed by atoms with Crippen LogP contribution in [-0.2, 0) is 20.0 Å². The monoisotopic (exact) mass is 282 g/mol. The molecule has 0 saturated carbocycles. The zero-order chi connectivity index (χ0) is 14.8. The molecule has 1 unspecified atom stereocenters. The Morgan fingerprint density at radius 1 is 1.19 bits per heavy atom. The number of aromatic nitrogens is 3. The lowest BCUT2D eigenvalue weighted by atomic mass is 10.0. The minimum absolute atomic E-state index is 0.216. The Bertz CT molecular complexity index is 738. The molecule has 1 aromatic carbocycles. The largest absolute Gasteiger partial charge is 0.341 e. The molecule has 0 fully saturated rings. The van der Waals surface area contributed by atoms with Crippen LogP contribution in [0, 0.1) is 0 Å². The van der Waals surface area contributed by atoms with Gasteiger partial charge in [-0.05, 0) is 35.9 Å². The fraction of sp³-hybridized carbons (Fsp3) is 0.353. The second-order valence-electron chi connectivity index (χ2n) is 5.65. The van der Waals surface area contributed by atoms with E-state index in [2.05, 4.69) is 53.1 Å². The van der Waals surface area contributed by atoms with Gasteiger partial charge in [-0.3, -0.25) is 4.68 Å². The summed E-state index contributed by atoms with van der Waals surface area (Å²) in [5.74, 6) is 0. The van der Waals surface area contributed by atoms with Crippen LogP contribution < -0.4 is 5.73 Å². The summed E-state index contributed by atoms with van der Waals surface area (Å²) in [5, 5.41) is 5.74. The Morgan fingerprint density at radius 2 is 2.05 bits per heavy atom. The lowest BCUT2D eigenvalue weighted by Gasteiger charge is -2.12. The molecular formula is C17H22N4. The first-order valence-electron chi connectivity index (χ1n) is 7.48. The van der Waals surface area contributed by atoms with Crippen LogP contribution in [0.15, 0.2) is 42.7 Å². The zero-order valence-electron chi connectivity index (χ0n) is 12.7. The molecule has 4 nitrogen and oxygen atoms in total. The summed E-state index contributed by atoms with van der Waals surface area (Å²) in [6.07, 6.45) is 6.03. The highest BCUT2D eigenvalue weighted by Crippen LogP contribution is 2.22. The van der Waals surface area contributed by atoms with E-state index >= 15 is 0 Å². The number of nitrogens with zero attached hydrogens (tertiary/aromatic N) is 3. The maximum absolute atomic E-state index is 6.15. The van der Waals surface area contributed by atoms with E-state index < -0.39 is 0 Å². The maximum atomic E-state index is 6.15. The van der Waals surface area contributed by atoms with Crippen molar-refractivity contribution < 1.29 is 0 Å². The van der Waals surface area contributed by atoms with Gasteiger partial charge in [0, 0.05) is 25.5 Å². The second-order valence-corrected chi connectivity index (χ2v) is 5.65. The van der Waals surface area contributed by atoms with Gasteiger partial charge >= 0.3 is 0 Å². The van der Waals surface area contributed by atoms with Crippen molar-refractivity contribution in [3.63, 3.8) is 0 Å². The number of aryl methyl sites for hydroxylation is 1. The second kappa shape index (κ2) is 5.74. The minimum atomic E-state index is 0.216. The molecule has 0 aliphatic carbocycles. The molecule has 0 radical (unpaired) electrons. The van der Waals surface area contributed by atoms with Gasteiger partial charge in [0.1, 0.15) is 0 Å². The summed E-state index contributed by atoms with van der Waals surface area (Å²) in [7, 11) is 1.95. The standard InChI is InChI=1S/C17H22N4/c1-3-15(18)11-14-6-4-5-13-7-10-21(17(13)14)12-16-8-9-20(2)19-16/h4-10,15H,3,11-12,18H2,1-2H3. The fourth-order valence-corrected chi connectivity index (χ4v) is 2.79. The third kappa shape index (κ3) is 2.85. The Hall–Kier alpha value is -2.07. The Kier molecular flexibility index (Phi) is 3.80. The van der Waals surface area contributed by atoms with Crippen molar-refractivity contribution in [2.75, 3.05) is 0 Å². The lowest BCUT2D eigenvalue weighted by Crippen LogP contribution is -2.21. The van der Waals surface area contributed by atoms with Crippen LogP contribution >= 0.6 is 0 Å². The summed E-state index contributed by atoms with van der Waals surface area (Å²) in [4.78, 5) is 0. The summed E-state index contributed by atoms with van der Waals surface area (Å²) >= 11 is 0. The van der Waals surface area contributed by atoms with Crippen molar-refractivity contribution in [1.82, 2.24) is 14.3 Å². The summed E-state index contributed by atoms with van der Waals surface area (Å²) in [6.45, 7) is 2.93. The van der Waals surface area contributed by atoms with E-state index in [1.165, 1.54) is 16.5 Å². The van der Waals surface area contributed by atoms with Crippen molar-refractivity contribution in [3.8, 4) is 0 Å². The fourth-order valence-electron chi connectivity index (χ4n) is 2.79. The van der Waals surface area contributed by atoms with Crippen molar-refractivity contribution in [2.24, 2.45) is 12.8 Å². The topological polar surface area (TPSA) is 48.8 Å². The number of benzene rings is 1. The van der Waals surface area contributed by atoms with E-state index in [1.54, 1.807) is 0 Å². The molecule has 2 heterocycles. The predicted molar refractivity (Wildman–Crippen MR) is 86.2 cm³/mol. The number of hydrogen-bond acceptors (Lipinski definition) is 2. The minimum Gasteiger partial charge on any atom is -0.341 e. The van der Waals surface area contributed by atoms with Crippen LogP contribution in [0.4, 0.5) is 0 Å². The highest BCUT2D eigenvalue weighted by Gasteiger charge is 2.10. The number of fused-ring (bicyclic) bond motifs is 1. The molecule has 3 aromatic rings. The van der Waals surface area contributed by atoms with Gasteiger partial charge in [0.25, 0.3) is 0 Å². The van der Waals surface area contributed by atoms with Crippen LogP contribution in [0.2, 0.25) is 0 Å². The van der Waals surface area contributed by atoms with Crippen molar-refractivity contribution in [1.29, 1.82) is 0 Å². The van der Waals surface area contributed by atoms with E-state index in [0.717, 1.165) is 25.1 Å². The van der Waals surface area contributed by atoms with Crippen molar-refractivity contribution >= 4 is 10.9 Å². The van der Waals surface area contributed by atoms with Gasteiger partial charge in [-0.15, -0.1) is 0 Å². The quantitative estimate of drug-likeness (QED) is 0.782. The van der Waals surface area contributed by atoms with Gasteiger partial charge in [0.2, 0.25) is 0 Å². The highest BCUT2D eigenvalue weighted by atomic mass is 15.3. The SMILES string of the molecule is CCC(N)Cc1cccc2ccn(Cc3ccn(C)n3)c12. The first-order valence-corrected chi connectivity index (χ1v) is 7.48. The molecule has 0 spiro atoms. The number of hydrogen-bond donors (Lipinski definition) is 1. The molecule has 0 saturated heterocycles. The molecule has 0 bridgehead atoms. The molecule has 4 heteroatoms. The third-order valence-electron chi connectivity index (χ3n) is 3.98. The van der Waals surface area contributed by atoms with Crippen LogP contribution in [0.1, 0.15) is 24.6 Å². The van der Waals surface area contributed by atoms with E-state index in [9.17, 15) is 0 Å². The van der Waals surface area contributed by atoms with Gasteiger partial charge in [0.05, 0.1) is 17.8 Å². The normalized spacial score (nSPS) is 12.9. The van der Waals surface area contributed by atoms with Crippen LogP contribution in [0.5, 0.6) is 0 Å². The molecule has 3 rings (SSSR count). The Morgan fingerprint density at radius 3 is 2.76 bits per heavy atom. The Balaban J connectivity index is 1.98. The zero-order valence-corrected chi connectivity index (χ0v) is 12.7. The average Bonchev–Trinajstić information content (AvgIpc) is 3.07. The highest BCUT2D eigenvalue weighted by molar-refractivity contribution is 5.83. The lowest BCUT2D eigenvalue weighted by molar-refractivity contribution is 0.645. The summed E-state index contributed by atoms with van der Waals surface area (Å²) in [6, 6.07) is 10.9. The smallest absolute Gasteiger partial charge is 0.0821 e. The molecule has 1 atom stereocenters. The van der Waals surface area contributed by atoms with E-state index in [-0.39, 0.29) is 6.04 Å². The van der Waals surface area contributed by atoms with E-state index in [1.807, 2.05) is 17.9 Å². The van der Waals surface area contributed by atoms with E-state index in [0.29, 0.717) is 0 Å². The number of para-hydroxylation sites is 1. The number of nitrogens with two attached hydrogens (primary N) is 1. The molecule has 0 amide bonds. The first-order chi connectivity index (χ1) is 10.2. The van der Waals surface area contributed by atoms with Gasteiger partial charge in [-0.25, -0.2) is 0 Å².